The number of unbranched alkanes of at least 4 members (excludes halogenated alkanes) is 1. The lowest BCUT2D eigenvalue weighted by molar-refractivity contribution is 0.959. The van der Waals surface area contributed by atoms with Gasteiger partial charge in [0.1, 0.15) is 5.15 Å². The third-order valence-electron chi connectivity index (χ3n) is 1.84. The van der Waals surface area contributed by atoms with Crippen molar-refractivity contribution in [2.24, 2.45) is 0 Å². The summed E-state index contributed by atoms with van der Waals surface area (Å²) in [6.07, 6.45) is 5.84. The second-order valence-electron chi connectivity index (χ2n) is 3.00. The Hall–Kier alpha value is -0.860. The van der Waals surface area contributed by atoms with E-state index in [9.17, 15) is 0 Å². The van der Waals surface area contributed by atoms with Gasteiger partial charge in [-0.25, -0.2) is 9.97 Å². The molecule has 0 atom stereocenters. The average Bonchev–Trinajstić information content (AvgIpc) is 2.17. The van der Waals surface area contributed by atoms with Gasteiger partial charge in [-0.1, -0.05) is 43.7 Å². The molecule has 2 nitrogen and oxygen atoms in total. The van der Waals surface area contributed by atoms with Gasteiger partial charge < -0.3 is 0 Å². The minimum atomic E-state index is 0.154. The molecule has 0 unspecified atom stereocenters. The Morgan fingerprint density at radius 2 is 2.20 bits per heavy atom. The Bertz CT molecular complexity index is 366. The summed E-state index contributed by atoms with van der Waals surface area (Å²) in [5.41, 5.74) is 1.64. The molecule has 0 aliphatic heterocycles. The molecule has 1 aromatic rings. The molecule has 1 heterocycles. The van der Waals surface area contributed by atoms with Gasteiger partial charge in [0, 0.05) is 6.07 Å². The summed E-state index contributed by atoms with van der Waals surface area (Å²) >= 11 is 11.5. The fourth-order valence-corrected chi connectivity index (χ4v) is 1.54. The first kappa shape index (κ1) is 12.2. The second kappa shape index (κ2) is 5.89. The minimum absolute atomic E-state index is 0.154. The first-order chi connectivity index (χ1) is 7.17. The lowest BCUT2D eigenvalue weighted by Crippen LogP contribution is -1.91. The highest BCUT2D eigenvalue weighted by atomic mass is 35.5. The number of nitrogens with zero attached hydrogens (tertiary/aromatic N) is 2. The second-order valence-corrected chi connectivity index (χ2v) is 3.72. The summed E-state index contributed by atoms with van der Waals surface area (Å²) < 4.78 is 0. The Labute approximate surface area is 99.7 Å². The van der Waals surface area contributed by atoms with Crippen LogP contribution in [0.4, 0.5) is 0 Å². The van der Waals surface area contributed by atoms with Crippen LogP contribution in [0.25, 0.3) is 5.57 Å². The number of rotatable bonds is 4. The summed E-state index contributed by atoms with van der Waals surface area (Å²) in [4.78, 5) is 7.88. The van der Waals surface area contributed by atoms with Crippen LogP contribution in [0.3, 0.4) is 0 Å². The van der Waals surface area contributed by atoms with E-state index in [2.05, 4.69) is 29.5 Å². The summed E-state index contributed by atoms with van der Waals surface area (Å²) in [5.74, 6) is 0. The maximum atomic E-state index is 5.79. The van der Waals surface area contributed by atoms with Crippen molar-refractivity contribution >= 4 is 28.8 Å². The molecule has 0 radical (unpaired) electrons. The molecule has 0 aromatic carbocycles. The standard InChI is InChI=1S/C11H12Cl2N2/c1-3-5-6-8(4-2)9-7-10(12)15-11(13)14-9/h4,6-7H,2-3,5H2,1H3/b8-6+. The van der Waals surface area contributed by atoms with Crippen molar-refractivity contribution in [2.45, 2.75) is 19.8 Å². The van der Waals surface area contributed by atoms with Crippen LogP contribution in [-0.4, -0.2) is 9.97 Å². The van der Waals surface area contributed by atoms with Crippen LogP contribution in [0.1, 0.15) is 25.5 Å². The molecule has 0 saturated carbocycles. The topological polar surface area (TPSA) is 25.8 Å². The van der Waals surface area contributed by atoms with Gasteiger partial charge in [-0.05, 0) is 23.6 Å². The highest BCUT2D eigenvalue weighted by molar-refractivity contribution is 6.31. The fourth-order valence-electron chi connectivity index (χ4n) is 1.13. The molecule has 0 amide bonds. The average molecular weight is 243 g/mol. The largest absolute Gasteiger partial charge is 0.224 e. The van der Waals surface area contributed by atoms with E-state index < -0.39 is 0 Å². The van der Waals surface area contributed by atoms with Crippen LogP contribution in [0.15, 0.2) is 24.8 Å². The van der Waals surface area contributed by atoms with Crippen LogP contribution in [0.5, 0.6) is 0 Å². The molecular formula is C11H12Cl2N2. The normalized spacial score (nSPS) is 11.5. The van der Waals surface area contributed by atoms with Crippen molar-refractivity contribution in [1.29, 1.82) is 0 Å². The van der Waals surface area contributed by atoms with Crippen LogP contribution in [0, 0.1) is 0 Å². The van der Waals surface area contributed by atoms with Gasteiger partial charge in [0.05, 0.1) is 5.69 Å². The van der Waals surface area contributed by atoms with Crippen LogP contribution < -0.4 is 0 Å². The molecule has 0 bridgehead atoms. The van der Waals surface area contributed by atoms with Crippen molar-refractivity contribution in [2.75, 3.05) is 0 Å². The smallest absolute Gasteiger partial charge is 0.218 e. The van der Waals surface area contributed by atoms with E-state index in [0.29, 0.717) is 10.8 Å². The summed E-state index contributed by atoms with van der Waals surface area (Å²) in [5, 5.41) is 0.496. The molecule has 15 heavy (non-hydrogen) atoms. The van der Waals surface area contributed by atoms with Gasteiger partial charge in [-0.2, -0.15) is 0 Å². The SMILES string of the molecule is C=C/C(=C\CCC)c1cc(Cl)nc(Cl)n1. The highest BCUT2D eigenvalue weighted by Gasteiger charge is 2.03. The Kier molecular flexibility index (Phi) is 4.79. The van der Waals surface area contributed by atoms with Gasteiger partial charge in [0.25, 0.3) is 0 Å². The monoisotopic (exact) mass is 242 g/mol. The molecule has 1 rings (SSSR count). The van der Waals surface area contributed by atoms with Crippen molar-refractivity contribution < 1.29 is 0 Å². The highest BCUT2D eigenvalue weighted by Crippen LogP contribution is 2.19. The molecule has 0 fully saturated rings. The zero-order chi connectivity index (χ0) is 11.3. The van der Waals surface area contributed by atoms with E-state index in [-0.39, 0.29) is 5.28 Å². The third kappa shape index (κ3) is 3.65. The number of hydrogen-bond acceptors (Lipinski definition) is 2. The van der Waals surface area contributed by atoms with Gasteiger partial charge in [-0.3, -0.25) is 0 Å². The van der Waals surface area contributed by atoms with Crippen molar-refractivity contribution in [3.8, 4) is 0 Å². The maximum Gasteiger partial charge on any atom is 0.224 e. The molecule has 4 heteroatoms. The third-order valence-corrected chi connectivity index (χ3v) is 2.20. The molecule has 0 N–H and O–H groups in total. The van der Waals surface area contributed by atoms with Crippen LogP contribution in [0.2, 0.25) is 10.4 Å². The molecule has 80 valence electrons. The minimum Gasteiger partial charge on any atom is -0.218 e. The predicted molar refractivity (Wildman–Crippen MR) is 65.1 cm³/mol. The van der Waals surface area contributed by atoms with E-state index in [1.54, 1.807) is 12.1 Å². The molecule has 1 aromatic heterocycles. The molecular weight excluding hydrogens is 231 g/mol. The van der Waals surface area contributed by atoms with Crippen molar-refractivity contribution in [3.63, 3.8) is 0 Å². The first-order valence-corrected chi connectivity index (χ1v) is 5.46. The number of hydrogen-bond donors (Lipinski definition) is 0. The van der Waals surface area contributed by atoms with E-state index >= 15 is 0 Å². The van der Waals surface area contributed by atoms with E-state index in [1.807, 2.05) is 0 Å². The lowest BCUT2D eigenvalue weighted by atomic mass is 10.1. The van der Waals surface area contributed by atoms with Gasteiger partial charge in [0.15, 0.2) is 0 Å². The Balaban J connectivity index is 3.06. The zero-order valence-electron chi connectivity index (χ0n) is 8.50. The van der Waals surface area contributed by atoms with E-state index in [1.165, 1.54) is 0 Å². The van der Waals surface area contributed by atoms with Crippen molar-refractivity contribution in [1.82, 2.24) is 9.97 Å². The van der Waals surface area contributed by atoms with Gasteiger partial charge in [-0.15, -0.1) is 0 Å². The Morgan fingerprint density at radius 1 is 1.47 bits per heavy atom. The summed E-state index contributed by atoms with van der Waals surface area (Å²) in [6, 6.07) is 1.68. The van der Waals surface area contributed by atoms with Crippen molar-refractivity contribution in [3.05, 3.63) is 40.9 Å². The molecule has 0 spiro atoms. The van der Waals surface area contributed by atoms with E-state index in [4.69, 9.17) is 23.2 Å². The fraction of sp³-hybridized carbons (Fsp3) is 0.273. The number of halogens is 2. The Morgan fingerprint density at radius 3 is 2.73 bits per heavy atom. The van der Waals surface area contributed by atoms with Gasteiger partial charge >= 0.3 is 0 Å². The van der Waals surface area contributed by atoms with Gasteiger partial charge in [0.2, 0.25) is 5.28 Å². The first-order valence-electron chi connectivity index (χ1n) is 4.70. The maximum absolute atomic E-state index is 5.79. The summed E-state index contributed by atoms with van der Waals surface area (Å²) in [6.45, 7) is 5.84. The molecule has 0 saturated heterocycles. The van der Waals surface area contributed by atoms with Crippen LogP contribution >= 0.6 is 23.2 Å². The van der Waals surface area contributed by atoms with E-state index in [0.717, 1.165) is 18.4 Å². The number of aromatic nitrogens is 2. The summed E-state index contributed by atoms with van der Waals surface area (Å²) in [7, 11) is 0. The quantitative estimate of drug-likeness (QED) is 0.451. The number of allylic oxidation sites excluding steroid dienone is 3. The molecule has 0 aliphatic rings. The predicted octanol–water partition coefficient (Wildman–Crippen LogP) is 4.15. The lowest BCUT2D eigenvalue weighted by Gasteiger charge is -2.02. The zero-order valence-corrected chi connectivity index (χ0v) is 10.0. The molecule has 0 aliphatic carbocycles. The van der Waals surface area contributed by atoms with Crippen LogP contribution in [-0.2, 0) is 0 Å².